The topological polar surface area (TPSA) is 55.0 Å². The van der Waals surface area contributed by atoms with Crippen LogP contribution in [0.3, 0.4) is 0 Å². The fourth-order valence-corrected chi connectivity index (χ4v) is 2.59. The maximum Gasteiger partial charge on any atom is 0.140 e. The normalized spacial score (nSPS) is 12.0. The van der Waals surface area contributed by atoms with Crippen LogP contribution in [-0.4, -0.2) is 30.1 Å². The van der Waals surface area contributed by atoms with Gasteiger partial charge in [-0.05, 0) is 23.4 Å². The second-order valence-electron chi connectivity index (χ2n) is 5.06. The number of fused-ring (bicyclic) bond motifs is 1. The number of thiophene rings is 1. The van der Waals surface area contributed by atoms with Gasteiger partial charge in [0, 0.05) is 13.6 Å². The smallest absolute Gasteiger partial charge is 0.140 e. The van der Waals surface area contributed by atoms with Crippen molar-refractivity contribution in [1.82, 2.24) is 9.97 Å². The second kappa shape index (κ2) is 4.58. The molecule has 0 radical (unpaired) electrons. The Morgan fingerprint density at radius 2 is 2.18 bits per heavy atom. The number of rotatable bonds is 4. The van der Waals surface area contributed by atoms with Gasteiger partial charge in [0.15, 0.2) is 0 Å². The molecule has 0 unspecified atom stereocenters. The first-order valence-electron chi connectivity index (χ1n) is 5.63. The lowest BCUT2D eigenvalue weighted by Crippen LogP contribution is -2.37. The Hall–Kier alpha value is -1.20. The summed E-state index contributed by atoms with van der Waals surface area (Å²) in [4.78, 5) is 11.8. The van der Waals surface area contributed by atoms with Gasteiger partial charge in [-0.1, -0.05) is 13.8 Å². The molecule has 92 valence electrons. The molecule has 2 aromatic rings. The van der Waals surface area contributed by atoms with Crippen molar-refractivity contribution in [3.8, 4) is 0 Å². The highest BCUT2D eigenvalue weighted by Crippen LogP contribution is 2.27. The van der Waals surface area contributed by atoms with Crippen LogP contribution in [0.5, 0.6) is 0 Å². The van der Waals surface area contributed by atoms with E-state index in [1.165, 1.54) is 0 Å². The van der Waals surface area contributed by atoms with E-state index < -0.39 is 0 Å². The maximum absolute atomic E-state index is 5.77. The number of aromatic nitrogens is 2. The first-order valence-corrected chi connectivity index (χ1v) is 6.51. The van der Waals surface area contributed by atoms with Crippen molar-refractivity contribution in [2.75, 3.05) is 25.0 Å². The molecule has 0 fully saturated rings. The number of hydrogen-bond donors (Lipinski definition) is 1. The maximum atomic E-state index is 5.77. The van der Waals surface area contributed by atoms with Crippen molar-refractivity contribution in [1.29, 1.82) is 0 Å². The standard InChI is InChI=1S/C12H18N4S/c1-12(2,6-13)7-16(3)10-9-4-5-17-11(9)15-8-14-10/h4-5,8H,6-7,13H2,1-3H3. The zero-order valence-corrected chi connectivity index (χ0v) is 11.3. The van der Waals surface area contributed by atoms with Gasteiger partial charge in [0.1, 0.15) is 17.0 Å². The van der Waals surface area contributed by atoms with Crippen molar-refractivity contribution in [2.24, 2.45) is 11.1 Å². The lowest BCUT2D eigenvalue weighted by molar-refractivity contribution is 0.384. The van der Waals surface area contributed by atoms with Crippen LogP contribution in [0.15, 0.2) is 17.8 Å². The van der Waals surface area contributed by atoms with Gasteiger partial charge in [0.25, 0.3) is 0 Å². The van der Waals surface area contributed by atoms with Crippen molar-refractivity contribution in [3.05, 3.63) is 17.8 Å². The van der Waals surface area contributed by atoms with Crippen LogP contribution in [0.1, 0.15) is 13.8 Å². The summed E-state index contributed by atoms with van der Waals surface area (Å²) in [5.41, 5.74) is 5.85. The molecular formula is C12H18N4S. The molecule has 0 aliphatic rings. The highest BCUT2D eigenvalue weighted by molar-refractivity contribution is 7.16. The lowest BCUT2D eigenvalue weighted by Gasteiger charge is -2.29. The van der Waals surface area contributed by atoms with Crippen LogP contribution in [0.4, 0.5) is 5.82 Å². The summed E-state index contributed by atoms with van der Waals surface area (Å²) in [5, 5.41) is 3.16. The van der Waals surface area contributed by atoms with Crippen molar-refractivity contribution < 1.29 is 0 Å². The number of nitrogens with zero attached hydrogens (tertiary/aromatic N) is 3. The van der Waals surface area contributed by atoms with Gasteiger partial charge >= 0.3 is 0 Å². The van der Waals surface area contributed by atoms with Crippen LogP contribution < -0.4 is 10.6 Å². The monoisotopic (exact) mass is 250 g/mol. The zero-order valence-electron chi connectivity index (χ0n) is 10.5. The third-order valence-electron chi connectivity index (χ3n) is 2.82. The first-order chi connectivity index (χ1) is 8.03. The van der Waals surface area contributed by atoms with Gasteiger partial charge in [-0.2, -0.15) is 0 Å². The van der Waals surface area contributed by atoms with Crippen LogP contribution in [-0.2, 0) is 0 Å². The summed E-state index contributed by atoms with van der Waals surface area (Å²) < 4.78 is 0. The highest BCUT2D eigenvalue weighted by atomic mass is 32.1. The predicted molar refractivity (Wildman–Crippen MR) is 73.5 cm³/mol. The van der Waals surface area contributed by atoms with Crippen molar-refractivity contribution in [3.63, 3.8) is 0 Å². The van der Waals surface area contributed by atoms with Gasteiger partial charge in [0.05, 0.1) is 5.39 Å². The van der Waals surface area contributed by atoms with Crippen LogP contribution >= 0.6 is 11.3 Å². The molecule has 0 saturated heterocycles. The molecule has 4 nitrogen and oxygen atoms in total. The Kier molecular flexibility index (Phi) is 3.31. The van der Waals surface area contributed by atoms with Crippen molar-refractivity contribution in [2.45, 2.75) is 13.8 Å². The van der Waals surface area contributed by atoms with E-state index in [-0.39, 0.29) is 5.41 Å². The summed E-state index contributed by atoms with van der Waals surface area (Å²) in [6.45, 7) is 5.87. The molecule has 0 aliphatic heterocycles. The molecule has 17 heavy (non-hydrogen) atoms. The molecule has 2 aromatic heterocycles. The van der Waals surface area contributed by atoms with E-state index in [0.29, 0.717) is 6.54 Å². The molecule has 0 saturated carbocycles. The Balaban J connectivity index is 2.30. The molecule has 5 heteroatoms. The van der Waals surface area contributed by atoms with E-state index in [2.05, 4.69) is 41.8 Å². The number of anilines is 1. The van der Waals surface area contributed by atoms with Crippen LogP contribution in [0.25, 0.3) is 10.2 Å². The summed E-state index contributed by atoms with van der Waals surface area (Å²) in [6, 6.07) is 2.07. The minimum absolute atomic E-state index is 0.0854. The largest absolute Gasteiger partial charge is 0.358 e. The Morgan fingerprint density at radius 1 is 1.41 bits per heavy atom. The average Bonchev–Trinajstić information content (AvgIpc) is 2.76. The molecule has 0 amide bonds. The minimum atomic E-state index is 0.0854. The fraction of sp³-hybridized carbons (Fsp3) is 0.500. The summed E-state index contributed by atoms with van der Waals surface area (Å²) in [6.07, 6.45) is 1.63. The molecule has 0 atom stereocenters. The predicted octanol–water partition coefficient (Wildman–Crippen LogP) is 2.11. The van der Waals surface area contributed by atoms with Gasteiger partial charge in [-0.3, -0.25) is 0 Å². The lowest BCUT2D eigenvalue weighted by atomic mass is 9.93. The van der Waals surface area contributed by atoms with E-state index in [1.807, 2.05) is 5.38 Å². The number of hydrogen-bond acceptors (Lipinski definition) is 5. The van der Waals surface area contributed by atoms with E-state index >= 15 is 0 Å². The molecule has 0 spiro atoms. The molecule has 2 heterocycles. The summed E-state index contributed by atoms with van der Waals surface area (Å²) in [5.74, 6) is 0.984. The Labute approximate surface area is 105 Å². The van der Waals surface area contributed by atoms with Gasteiger partial charge < -0.3 is 10.6 Å². The molecule has 0 bridgehead atoms. The fourth-order valence-electron chi connectivity index (χ4n) is 1.86. The van der Waals surface area contributed by atoms with E-state index in [0.717, 1.165) is 22.6 Å². The Bertz CT molecular complexity index is 506. The first kappa shape index (κ1) is 12.3. The molecular weight excluding hydrogens is 232 g/mol. The molecule has 2 rings (SSSR count). The summed E-state index contributed by atoms with van der Waals surface area (Å²) in [7, 11) is 2.05. The summed E-state index contributed by atoms with van der Waals surface area (Å²) >= 11 is 1.64. The van der Waals surface area contributed by atoms with E-state index in [4.69, 9.17) is 5.73 Å². The minimum Gasteiger partial charge on any atom is -0.358 e. The van der Waals surface area contributed by atoms with Crippen molar-refractivity contribution >= 4 is 27.4 Å². The molecule has 0 aromatic carbocycles. The third-order valence-corrected chi connectivity index (χ3v) is 3.64. The number of nitrogens with two attached hydrogens (primary N) is 1. The quantitative estimate of drug-likeness (QED) is 0.903. The molecule has 0 aliphatic carbocycles. The second-order valence-corrected chi connectivity index (χ2v) is 5.96. The third kappa shape index (κ3) is 2.56. The van der Waals surface area contributed by atoms with Crippen LogP contribution in [0, 0.1) is 5.41 Å². The SMILES string of the molecule is CN(CC(C)(C)CN)c1ncnc2sccc12. The van der Waals surface area contributed by atoms with Crippen LogP contribution in [0.2, 0.25) is 0 Å². The zero-order chi connectivity index (χ0) is 12.5. The average molecular weight is 250 g/mol. The van der Waals surface area contributed by atoms with Gasteiger partial charge in [0.2, 0.25) is 0 Å². The molecule has 2 N–H and O–H groups in total. The van der Waals surface area contributed by atoms with Gasteiger partial charge in [-0.25, -0.2) is 9.97 Å². The Morgan fingerprint density at radius 3 is 2.88 bits per heavy atom. The van der Waals surface area contributed by atoms with E-state index in [9.17, 15) is 0 Å². The highest BCUT2D eigenvalue weighted by Gasteiger charge is 2.20. The van der Waals surface area contributed by atoms with Gasteiger partial charge in [-0.15, -0.1) is 11.3 Å². The van der Waals surface area contributed by atoms with E-state index in [1.54, 1.807) is 17.7 Å².